The molecule has 6 heteroatoms. The van der Waals surface area contributed by atoms with Crippen LogP contribution in [0.15, 0.2) is 18.2 Å². The van der Waals surface area contributed by atoms with Gasteiger partial charge >= 0.3 is 0 Å². The van der Waals surface area contributed by atoms with Crippen LogP contribution in [0.25, 0.3) is 0 Å². The van der Waals surface area contributed by atoms with Crippen LogP contribution in [-0.4, -0.2) is 33.3 Å². The number of rotatable bonds is 6. The van der Waals surface area contributed by atoms with Crippen molar-refractivity contribution >= 4 is 21.6 Å². The second kappa shape index (κ2) is 6.22. The van der Waals surface area contributed by atoms with E-state index in [1.807, 2.05) is 12.1 Å². The summed E-state index contributed by atoms with van der Waals surface area (Å²) in [6, 6.07) is 6.26. The van der Waals surface area contributed by atoms with Crippen LogP contribution in [0.5, 0.6) is 0 Å². The summed E-state index contributed by atoms with van der Waals surface area (Å²) in [5, 5.41) is 4.06. The van der Waals surface area contributed by atoms with E-state index in [1.54, 1.807) is 6.92 Å². The minimum absolute atomic E-state index is 0.119. The summed E-state index contributed by atoms with van der Waals surface area (Å²) < 4.78 is 25.5. The molecule has 0 fully saturated rings. The zero-order valence-corrected chi connectivity index (χ0v) is 12.5. The lowest BCUT2D eigenvalue weighted by molar-refractivity contribution is 0.540. The van der Waals surface area contributed by atoms with Crippen LogP contribution in [0.2, 0.25) is 5.02 Å². The monoisotopic (exact) mass is 302 g/mol. The van der Waals surface area contributed by atoms with Gasteiger partial charge in [-0.3, -0.25) is 0 Å². The van der Waals surface area contributed by atoms with Gasteiger partial charge in [0.2, 0.25) is 10.0 Å². The topological polar surface area (TPSA) is 58.2 Å². The lowest BCUT2D eigenvalue weighted by atomic mass is 10.1. The number of fused-ring (bicyclic) bond motifs is 1. The maximum Gasteiger partial charge on any atom is 0.212 e. The van der Waals surface area contributed by atoms with Crippen molar-refractivity contribution in [3.05, 3.63) is 34.3 Å². The van der Waals surface area contributed by atoms with E-state index < -0.39 is 10.0 Å². The van der Waals surface area contributed by atoms with Crippen LogP contribution < -0.4 is 10.0 Å². The van der Waals surface area contributed by atoms with Crippen LogP contribution in [-0.2, 0) is 22.9 Å². The van der Waals surface area contributed by atoms with Crippen molar-refractivity contribution < 1.29 is 8.42 Å². The molecule has 1 aliphatic rings. The molecule has 1 atom stereocenters. The molecule has 1 aromatic carbocycles. The van der Waals surface area contributed by atoms with Gasteiger partial charge < -0.3 is 5.32 Å². The Morgan fingerprint density at radius 2 is 2.05 bits per heavy atom. The van der Waals surface area contributed by atoms with Crippen molar-refractivity contribution in [3.63, 3.8) is 0 Å². The lowest BCUT2D eigenvalue weighted by Crippen LogP contribution is -2.37. The Kier molecular flexibility index (Phi) is 4.84. The summed E-state index contributed by atoms with van der Waals surface area (Å²) in [6.07, 6.45) is 1.85. The SMILES string of the molecule is CCNS(=O)(=O)CCNC1Cc2ccc(Cl)cc2C1. The first kappa shape index (κ1) is 14.8. The Morgan fingerprint density at radius 3 is 2.79 bits per heavy atom. The van der Waals surface area contributed by atoms with Crippen LogP contribution >= 0.6 is 11.6 Å². The molecule has 0 aromatic heterocycles. The average molecular weight is 303 g/mol. The molecular weight excluding hydrogens is 284 g/mol. The van der Waals surface area contributed by atoms with Gasteiger partial charge in [0, 0.05) is 24.2 Å². The lowest BCUT2D eigenvalue weighted by Gasteiger charge is -2.12. The largest absolute Gasteiger partial charge is 0.312 e. The molecule has 0 amide bonds. The summed E-state index contributed by atoms with van der Waals surface area (Å²) >= 11 is 5.96. The van der Waals surface area contributed by atoms with E-state index in [2.05, 4.69) is 16.1 Å². The first-order valence-electron chi connectivity index (χ1n) is 6.48. The molecule has 1 aliphatic carbocycles. The fraction of sp³-hybridized carbons (Fsp3) is 0.538. The zero-order valence-electron chi connectivity index (χ0n) is 10.9. The normalized spacial score (nSPS) is 18.5. The Labute approximate surface area is 119 Å². The van der Waals surface area contributed by atoms with Crippen molar-refractivity contribution in [1.29, 1.82) is 0 Å². The minimum atomic E-state index is -3.13. The summed E-state index contributed by atoms with van der Waals surface area (Å²) in [4.78, 5) is 0. The van der Waals surface area contributed by atoms with Gasteiger partial charge in [0.05, 0.1) is 5.75 Å². The van der Waals surface area contributed by atoms with Crippen molar-refractivity contribution in [2.45, 2.75) is 25.8 Å². The Morgan fingerprint density at radius 1 is 1.32 bits per heavy atom. The number of halogens is 1. The number of hydrogen-bond donors (Lipinski definition) is 2. The molecule has 0 radical (unpaired) electrons. The predicted molar refractivity (Wildman–Crippen MR) is 78.1 cm³/mol. The molecule has 106 valence electrons. The van der Waals surface area contributed by atoms with Crippen LogP contribution in [0, 0.1) is 0 Å². The third-order valence-corrected chi connectivity index (χ3v) is 4.97. The zero-order chi connectivity index (χ0) is 13.9. The maximum atomic E-state index is 11.5. The second-order valence-electron chi connectivity index (χ2n) is 4.79. The van der Waals surface area contributed by atoms with Gasteiger partial charge in [0.25, 0.3) is 0 Å². The second-order valence-corrected chi connectivity index (χ2v) is 7.15. The summed E-state index contributed by atoms with van der Waals surface area (Å²) in [7, 11) is -3.13. The molecule has 0 bridgehead atoms. The quantitative estimate of drug-likeness (QED) is 0.834. The molecular formula is C13H19ClN2O2S. The smallest absolute Gasteiger partial charge is 0.212 e. The number of sulfonamides is 1. The molecule has 0 saturated carbocycles. The van der Waals surface area contributed by atoms with Gasteiger partial charge in [-0.1, -0.05) is 24.6 Å². The van der Waals surface area contributed by atoms with Gasteiger partial charge in [-0.25, -0.2) is 13.1 Å². The van der Waals surface area contributed by atoms with E-state index in [9.17, 15) is 8.42 Å². The van der Waals surface area contributed by atoms with Gasteiger partial charge in [-0.05, 0) is 36.1 Å². The fourth-order valence-corrected chi connectivity index (χ4v) is 3.59. The van der Waals surface area contributed by atoms with Crippen LogP contribution in [0.3, 0.4) is 0 Å². The standard InChI is InChI=1S/C13H19ClN2O2S/c1-2-16-19(17,18)6-5-15-13-8-10-3-4-12(14)7-11(10)9-13/h3-4,7,13,15-16H,2,5-6,8-9H2,1H3. The van der Waals surface area contributed by atoms with E-state index >= 15 is 0 Å². The van der Waals surface area contributed by atoms with Crippen molar-refractivity contribution in [3.8, 4) is 0 Å². The van der Waals surface area contributed by atoms with Crippen LogP contribution in [0.1, 0.15) is 18.1 Å². The molecule has 0 aliphatic heterocycles. The number of hydrogen-bond acceptors (Lipinski definition) is 3. The van der Waals surface area contributed by atoms with Crippen LogP contribution in [0.4, 0.5) is 0 Å². The van der Waals surface area contributed by atoms with E-state index in [0.717, 1.165) is 17.9 Å². The average Bonchev–Trinajstić information content (AvgIpc) is 2.70. The van der Waals surface area contributed by atoms with Crippen molar-refractivity contribution in [2.75, 3.05) is 18.8 Å². The van der Waals surface area contributed by atoms with E-state index in [-0.39, 0.29) is 5.75 Å². The summed E-state index contributed by atoms with van der Waals surface area (Å²) in [6.45, 7) is 2.69. The molecule has 2 N–H and O–H groups in total. The molecule has 0 spiro atoms. The third kappa shape index (κ3) is 4.18. The maximum absolute atomic E-state index is 11.5. The highest BCUT2D eigenvalue weighted by atomic mass is 35.5. The van der Waals surface area contributed by atoms with Crippen molar-refractivity contribution in [1.82, 2.24) is 10.0 Å². The molecule has 1 aromatic rings. The van der Waals surface area contributed by atoms with E-state index in [1.165, 1.54) is 11.1 Å². The number of nitrogens with one attached hydrogen (secondary N) is 2. The van der Waals surface area contributed by atoms with Gasteiger partial charge in [-0.15, -0.1) is 0 Å². The van der Waals surface area contributed by atoms with E-state index in [4.69, 9.17) is 11.6 Å². The Hall–Kier alpha value is -0.620. The fourth-order valence-electron chi connectivity index (χ4n) is 2.42. The summed E-state index contributed by atoms with van der Waals surface area (Å²) in [5.74, 6) is 0.119. The predicted octanol–water partition coefficient (Wildman–Crippen LogP) is 1.34. The third-order valence-electron chi connectivity index (χ3n) is 3.27. The highest BCUT2D eigenvalue weighted by Gasteiger charge is 2.21. The van der Waals surface area contributed by atoms with Gasteiger partial charge in [-0.2, -0.15) is 0 Å². The van der Waals surface area contributed by atoms with Gasteiger partial charge in [0.1, 0.15) is 0 Å². The minimum Gasteiger partial charge on any atom is -0.312 e. The number of benzene rings is 1. The molecule has 0 saturated heterocycles. The van der Waals surface area contributed by atoms with Gasteiger partial charge in [0.15, 0.2) is 0 Å². The molecule has 4 nitrogen and oxygen atoms in total. The molecule has 0 heterocycles. The first-order chi connectivity index (χ1) is 9.00. The highest BCUT2D eigenvalue weighted by molar-refractivity contribution is 7.89. The van der Waals surface area contributed by atoms with E-state index in [0.29, 0.717) is 19.1 Å². The highest BCUT2D eigenvalue weighted by Crippen LogP contribution is 2.25. The van der Waals surface area contributed by atoms with Crippen molar-refractivity contribution in [2.24, 2.45) is 0 Å². The molecule has 1 unspecified atom stereocenters. The Balaban J connectivity index is 1.81. The molecule has 19 heavy (non-hydrogen) atoms. The molecule has 2 rings (SSSR count). The first-order valence-corrected chi connectivity index (χ1v) is 8.51. The summed E-state index contributed by atoms with van der Waals surface area (Å²) in [5.41, 5.74) is 2.57. The Bertz CT molecular complexity index is 546.